The van der Waals surface area contributed by atoms with Crippen molar-refractivity contribution in [2.45, 2.75) is 12.5 Å². The molecule has 1 atom stereocenters. The smallest absolute Gasteiger partial charge is 0.245 e. The highest BCUT2D eigenvalue weighted by Crippen LogP contribution is 2.10. The van der Waals surface area contributed by atoms with E-state index in [-0.39, 0.29) is 17.9 Å². The van der Waals surface area contributed by atoms with E-state index in [1.54, 1.807) is 24.3 Å². The average Bonchev–Trinajstić information content (AvgIpc) is 2.45. The molecule has 1 aliphatic heterocycles. The summed E-state index contributed by atoms with van der Waals surface area (Å²) in [5.74, 6) is 1.03. The third-order valence-corrected chi connectivity index (χ3v) is 4.05. The van der Waals surface area contributed by atoms with Crippen LogP contribution in [0.15, 0.2) is 24.5 Å². The van der Waals surface area contributed by atoms with Crippen LogP contribution >= 0.6 is 11.8 Å². The second kappa shape index (κ2) is 6.56. The summed E-state index contributed by atoms with van der Waals surface area (Å²) in [5.41, 5.74) is 1.15. The standard InChI is InChI=1S/C13H17N3O2S/c1-16(7-4-10-2-5-14-6-3-10)13(18)11-8-19-9-12(17)15-11/h2-3,5-6,11H,4,7-9H2,1H3,(H,15,17). The third-order valence-electron chi connectivity index (χ3n) is 3.01. The normalized spacial score (nSPS) is 18.8. The van der Waals surface area contributed by atoms with Crippen molar-refractivity contribution in [3.8, 4) is 0 Å². The van der Waals surface area contributed by atoms with E-state index < -0.39 is 0 Å². The van der Waals surface area contributed by atoms with E-state index in [0.29, 0.717) is 18.1 Å². The molecular formula is C13H17N3O2S. The van der Waals surface area contributed by atoms with Crippen molar-refractivity contribution in [1.82, 2.24) is 15.2 Å². The number of aromatic nitrogens is 1. The van der Waals surface area contributed by atoms with Crippen molar-refractivity contribution in [1.29, 1.82) is 0 Å². The van der Waals surface area contributed by atoms with Crippen LogP contribution in [-0.2, 0) is 16.0 Å². The number of thioether (sulfide) groups is 1. The van der Waals surface area contributed by atoms with Crippen molar-refractivity contribution in [3.63, 3.8) is 0 Å². The Balaban J connectivity index is 1.83. The highest BCUT2D eigenvalue weighted by atomic mass is 32.2. The fraction of sp³-hybridized carbons (Fsp3) is 0.462. The molecule has 2 rings (SSSR count). The van der Waals surface area contributed by atoms with Crippen LogP contribution in [0.1, 0.15) is 5.56 Å². The summed E-state index contributed by atoms with van der Waals surface area (Å²) in [6.45, 7) is 0.639. The number of carbonyl (C=O) groups is 2. The van der Waals surface area contributed by atoms with Gasteiger partial charge in [0.15, 0.2) is 0 Å². The first-order chi connectivity index (χ1) is 9.16. The topological polar surface area (TPSA) is 62.3 Å². The minimum absolute atomic E-state index is 0.0189. The summed E-state index contributed by atoms with van der Waals surface area (Å²) < 4.78 is 0. The number of amides is 2. The second-order valence-electron chi connectivity index (χ2n) is 4.50. The van der Waals surface area contributed by atoms with E-state index >= 15 is 0 Å². The molecule has 1 saturated heterocycles. The van der Waals surface area contributed by atoms with Gasteiger partial charge < -0.3 is 10.2 Å². The average molecular weight is 279 g/mol. The first kappa shape index (κ1) is 13.9. The Morgan fingerprint density at radius 3 is 2.95 bits per heavy atom. The van der Waals surface area contributed by atoms with Crippen LogP contribution in [0.3, 0.4) is 0 Å². The maximum Gasteiger partial charge on any atom is 0.245 e. The van der Waals surface area contributed by atoms with Gasteiger partial charge in [-0.15, -0.1) is 11.8 Å². The molecule has 1 unspecified atom stereocenters. The third kappa shape index (κ3) is 3.96. The lowest BCUT2D eigenvalue weighted by atomic mass is 10.2. The molecule has 1 aromatic heterocycles. The van der Waals surface area contributed by atoms with E-state index in [9.17, 15) is 9.59 Å². The van der Waals surface area contributed by atoms with Gasteiger partial charge in [-0.1, -0.05) is 0 Å². The predicted octanol–water partition coefficient (Wildman–Crippen LogP) is 0.314. The molecule has 102 valence electrons. The monoisotopic (exact) mass is 279 g/mol. The van der Waals surface area contributed by atoms with Crippen molar-refractivity contribution in [2.75, 3.05) is 25.1 Å². The Hall–Kier alpha value is -1.56. The lowest BCUT2D eigenvalue weighted by Gasteiger charge is -2.27. The molecular weight excluding hydrogens is 262 g/mol. The Kier molecular flexibility index (Phi) is 4.79. The number of hydrogen-bond acceptors (Lipinski definition) is 4. The maximum atomic E-state index is 12.2. The van der Waals surface area contributed by atoms with E-state index in [1.807, 2.05) is 12.1 Å². The van der Waals surface area contributed by atoms with E-state index in [0.717, 1.165) is 12.0 Å². The number of nitrogens with zero attached hydrogens (tertiary/aromatic N) is 2. The van der Waals surface area contributed by atoms with Gasteiger partial charge in [0.25, 0.3) is 0 Å². The summed E-state index contributed by atoms with van der Waals surface area (Å²) in [4.78, 5) is 29.1. The van der Waals surface area contributed by atoms with Crippen molar-refractivity contribution >= 4 is 23.6 Å². The molecule has 1 fully saturated rings. The van der Waals surface area contributed by atoms with Crippen molar-refractivity contribution in [3.05, 3.63) is 30.1 Å². The zero-order valence-electron chi connectivity index (χ0n) is 10.8. The first-order valence-corrected chi connectivity index (χ1v) is 7.33. The minimum Gasteiger partial charge on any atom is -0.344 e. The Morgan fingerprint density at radius 2 is 2.26 bits per heavy atom. The summed E-state index contributed by atoms with van der Waals surface area (Å²) in [5, 5.41) is 2.73. The van der Waals surface area contributed by atoms with Gasteiger partial charge in [0.1, 0.15) is 6.04 Å². The molecule has 2 amide bonds. The second-order valence-corrected chi connectivity index (χ2v) is 5.53. The Morgan fingerprint density at radius 1 is 1.53 bits per heavy atom. The molecule has 2 heterocycles. The Labute approximate surface area is 116 Å². The number of rotatable bonds is 4. The highest BCUT2D eigenvalue weighted by molar-refractivity contribution is 8.00. The molecule has 1 aliphatic rings. The van der Waals surface area contributed by atoms with Gasteiger partial charge in [-0.2, -0.15) is 0 Å². The largest absolute Gasteiger partial charge is 0.344 e. The van der Waals surface area contributed by atoms with Crippen LogP contribution in [0.25, 0.3) is 0 Å². The summed E-state index contributed by atoms with van der Waals surface area (Å²) >= 11 is 1.50. The zero-order chi connectivity index (χ0) is 13.7. The van der Waals surface area contributed by atoms with E-state index in [4.69, 9.17) is 0 Å². The van der Waals surface area contributed by atoms with Crippen molar-refractivity contribution in [2.24, 2.45) is 0 Å². The van der Waals surface area contributed by atoms with Crippen LogP contribution in [0.2, 0.25) is 0 Å². The van der Waals surface area contributed by atoms with Gasteiger partial charge >= 0.3 is 0 Å². The molecule has 0 aromatic carbocycles. The van der Waals surface area contributed by atoms with Crippen LogP contribution in [0.5, 0.6) is 0 Å². The quantitative estimate of drug-likeness (QED) is 0.862. The maximum absolute atomic E-state index is 12.2. The Bertz CT molecular complexity index is 452. The molecule has 0 aliphatic carbocycles. The number of carbonyl (C=O) groups excluding carboxylic acids is 2. The number of hydrogen-bond donors (Lipinski definition) is 1. The fourth-order valence-electron chi connectivity index (χ4n) is 1.90. The van der Waals surface area contributed by atoms with Crippen LogP contribution in [-0.4, -0.2) is 52.8 Å². The zero-order valence-corrected chi connectivity index (χ0v) is 11.7. The predicted molar refractivity (Wildman–Crippen MR) is 74.8 cm³/mol. The van der Waals surface area contributed by atoms with E-state index in [2.05, 4.69) is 10.3 Å². The summed E-state index contributed by atoms with van der Waals surface area (Å²) in [7, 11) is 1.77. The molecule has 1 aromatic rings. The molecule has 5 nitrogen and oxygen atoms in total. The van der Waals surface area contributed by atoms with Crippen molar-refractivity contribution < 1.29 is 9.59 Å². The van der Waals surface area contributed by atoms with Gasteiger partial charge in [0, 0.05) is 31.7 Å². The lowest BCUT2D eigenvalue weighted by Crippen LogP contribution is -2.52. The van der Waals surface area contributed by atoms with Gasteiger partial charge in [-0.05, 0) is 24.1 Å². The molecule has 0 spiro atoms. The minimum atomic E-state index is -0.381. The van der Waals surface area contributed by atoms with Gasteiger partial charge in [0.05, 0.1) is 5.75 Å². The van der Waals surface area contributed by atoms with E-state index in [1.165, 1.54) is 11.8 Å². The highest BCUT2D eigenvalue weighted by Gasteiger charge is 2.27. The van der Waals surface area contributed by atoms with Gasteiger partial charge in [-0.25, -0.2) is 0 Å². The van der Waals surface area contributed by atoms with Gasteiger partial charge in [0.2, 0.25) is 11.8 Å². The molecule has 1 N–H and O–H groups in total. The molecule has 0 radical (unpaired) electrons. The van der Waals surface area contributed by atoms with Crippen LogP contribution < -0.4 is 5.32 Å². The molecule has 0 bridgehead atoms. The van der Waals surface area contributed by atoms with Gasteiger partial charge in [-0.3, -0.25) is 14.6 Å². The van der Waals surface area contributed by atoms with Crippen LogP contribution in [0, 0.1) is 0 Å². The molecule has 6 heteroatoms. The molecule has 0 saturated carbocycles. The summed E-state index contributed by atoms with van der Waals surface area (Å²) in [6, 6.07) is 3.50. The van der Waals surface area contributed by atoms with Crippen LogP contribution in [0.4, 0.5) is 0 Å². The fourth-order valence-corrected chi connectivity index (χ4v) is 2.75. The number of nitrogens with one attached hydrogen (secondary N) is 1. The lowest BCUT2D eigenvalue weighted by molar-refractivity contribution is -0.134. The first-order valence-electron chi connectivity index (χ1n) is 6.18. The molecule has 19 heavy (non-hydrogen) atoms. The summed E-state index contributed by atoms with van der Waals surface area (Å²) in [6.07, 6.45) is 4.28. The number of pyridine rings is 1. The number of likely N-dealkylation sites (N-methyl/N-ethyl adjacent to an activating group) is 1. The SMILES string of the molecule is CN(CCc1ccncc1)C(=O)C1CSCC(=O)N1.